The van der Waals surface area contributed by atoms with Gasteiger partial charge in [-0.15, -0.1) is 11.3 Å². The van der Waals surface area contributed by atoms with Gasteiger partial charge >= 0.3 is 0 Å². The van der Waals surface area contributed by atoms with Gasteiger partial charge in [-0.2, -0.15) is 5.11 Å². The number of aliphatic imine (C=N–C) groups is 1. The third-order valence-electron chi connectivity index (χ3n) is 4.63. The second-order valence-corrected chi connectivity index (χ2v) is 7.23. The minimum Gasteiger partial charge on any atom is -0.352 e. The standard InChI is InChI=1S/C17H22N6S/c1-3-13-11-14-17(22-8-6-21(2)7-9-22)18-12-15(23(14)20-19-13)16-5-4-10-24-16/h4-5,10-13H,3,6-9H2,1-2H3. The zero-order chi connectivity index (χ0) is 16.5. The Morgan fingerprint density at radius 1 is 1.21 bits per heavy atom. The van der Waals surface area contributed by atoms with Gasteiger partial charge in [-0.05, 0) is 31.0 Å². The highest BCUT2D eigenvalue weighted by atomic mass is 32.1. The molecular weight excluding hydrogens is 320 g/mol. The number of rotatable bonds is 2. The van der Waals surface area contributed by atoms with Crippen LogP contribution in [0.15, 0.2) is 50.8 Å². The maximum atomic E-state index is 4.83. The van der Waals surface area contributed by atoms with Gasteiger partial charge in [-0.1, -0.05) is 18.2 Å². The average molecular weight is 342 g/mol. The molecule has 24 heavy (non-hydrogen) atoms. The van der Waals surface area contributed by atoms with E-state index in [2.05, 4.69) is 57.7 Å². The van der Waals surface area contributed by atoms with Crippen LogP contribution in [-0.2, 0) is 0 Å². The Labute approximate surface area is 146 Å². The lowest BCUT2D eigenvalue weighted by Crippen LogP contribution is -2.49. The predicted molar refractivity (Wildman–Crippen MR) is 97.7 cm³/mol. The van der Waals surface area contributed by atoms with Crippen molar-refractivity contribution in [2.75, 3.05) is 33.2 Å². The van der Waals surface area contributed by atoms with Crippen molar-refractivity contribution in [3.8, 4) is 0 Å². The van der Waals surface area contributed by atoms with Crippen molar-refractivity contribution in [2.45, 2.75) is 19.4 Å². The zero-order valence-electron chi connectivity index (χ0n) is 14.1. The number of thiophene rings is 1. The summed E-state index contributed by atoms with van der Waals surface area (Å²) in [6.07, 6.45) is 5.10. The van der Waals surface area contributed by atoms with Crippen molar-refractivity contribution in [3.05, 3.63) is 40.4 Å². The Morgan fingerprint density at radius 3 is 2.75 bits per heavy atom. The SMILES string of the molecule is CCC1C=C2C(N3CCN(C)CC3)=NC=C(c3cccs3)N2N=N1. The van der Waals surface area contributed by atoms with E-state index in [1.165, 1.54) is 0 Å². The second-order valence-electron chi connectivity index (χ2n) is 6.28. The maximum Gasteiger partial charge on any atom is 0.154 e. The average Bonchev–Trinajstić information content (AvgIpc) is 3.15. The largest absolute Gasteiger partial charge is 0.352 e. The van der Waals surface area contributed by atoms with Gasteiger partial charge in [0, 0.05) is 26.2 Å². The van der Waals surface area contributed by atoms with Crippen molar-refractivity contribution in [3.63, 3.8) is 0 Å². The fraction of sp³-hybridized carbons (Fsp3) is 0.471. The van der Waals surface area contributed by atoms with Crippen LogP contribution in [-0.4, -0.2) is 59.9 Å². The van der Waals surface area contributed by atoms with E-state index in [0.717, 1.165) is 54.7 Å². The van der Waals surface area contributed by atoms with Crippen LogP contribution in [0.5, 0.6) is 0 Å². The van der Waals surface area contributed by atoms with Crippen molar-refractivity contribution >= 4 is 22.9 Å². The molecule has 0 bridgehead atoms. The van der Waals surface area contributed by atoms with Crippen LogP contribution in [0.2, 0.25) is 0 Å². The topological polar surface area (TPSA) is 46.8 Å². The third kappa shape index (κ3) is 2.78. The van der Waals surface area contributed by atoms with Crippen LogP contribution in [0.3, 0.4) is 0 Å². The summed E-state index contributed by atoms with van der Waals surface area (Å²) < 4.78 is 0. The highest BCUT2D eigenvalue weighted by molar-refractivity contribution is 7.11. The van der Waals surface area contributed by atoms with Crippen LogP contribution in [0.4, 0.5) is 0 Å². The third-order valence-corrected chi connectivity index (χ3v) is 5.52. The Morgan fingerprint density at radius 2 is 2.04 bits per heavy atom. The summed E-state index contributed by atoms with van der Waals surface area (Å²) in [6.45, 7) is 6.26. The van der Waals surface area contributed by atoms with Crippen LogP contribution < -0.4 is 0 Å². The fourth-order valence-electron chi connectivity index (χ4n) is 3.10. The molecule has 3 aliphatic heterocycles. The van der Waals surface area contributed by atoms with E-state index >= 15 is 0 Å². The van der Waals surface area contributed by atoms with Gasteiger partial charge in [0.15, 0.2) is 5.84 Å². The summed E-state index contributed by atoms with van der Waals surface area (Å²) in [5.41, 5.74) is 2.08. The van der Waals surface area contributed by atoms with Crippen molar-refractivity contribution < 1.29 is 0 Å². The molecule has 3 aliphatic rings. The molecule has 0 radical (unpaired) electrons. The number of fused-ring (bicyclic) bond motifs is 1. The van der Waals surface area contributed by atoms with Crippen LogP contribution >= 0.6 is 11.3 Å². The van der Waals surface area contributed by atoms with Crippen molar-refractivity contribution in [1.82, 2.24) is 14.8 Å². The van der Waals surface area contributed by atoms with Gasteiger partial charge in [-0.3, -0.25) is 0 Å². The normalized spacial score (nSPS) is 24.4. The molecule has 4 rings (SSSR count). The number of likely N-dealkylation sites (N-methyl/N-ethyl adjacent to an activating group) is 1. The first-order valence-electron chi connectivity index (χ1n) is 8.44. The molecule has 4 heterocycles. The summed E-state index contributed by atoms with van der Waals surface area (Å²) in [6, 6.07) is 4.29. The molecule has 6 nitrogen and oxygen atoms in total. The Kier molecular flexibility index (Phi) is 4.20. The minimum absolute atomic E-state index is 0.136. The molecule has 1 aromatic heterocycles. The van der Waals surface area contributed by atoms with E-state index < -0.39 is 0 Å². The van der Waals surface area contributed by atoms with Gasteiger partial charge in [-0.25, -0.2) is 10.0 Å². The monoisotopic (exact) mass is 342 g/mol. The summed E-state index contributed by atoms with van der Waals surface area (Å²) in [4.78, 5) is 10.7. The number of amidine groups is 1. The molecule has 1 atom stereocenters. The first-order valence-corrected chi connectivity index (χ1v) is 9.32. The molecule has 1 fully saturated rings. The van der Waals surface area contributed by atoms with Crippen LogP contribution in [0.25, 0.3) is 5.70 Å². The van der Waals surface area contributed by atoms with Crippen LogP contribution in [0.1, 0.15) is 18.2 Å². The minimum atomic E-state index is 0.136. The molecule has 0 aromatic carbocycles. The fourth-order valence-corrected chi connectivity index (χ4v) is 3.82. The van der Waals surface area contributed by atoms with Gasteiger partial charge in [0.25, 0.3) is 0 Å². The van der Waals surface area contributed by atoms with E-state index in [1.807, 2.05) is 11.2 Å². The Hall–Kier alpha value is -1.99. The molecule has 1 saturated heterocycles. The van der Waals surface area contributed by atoms with Gasteiger partial charge < -0.3 is 9.80 Å². The lowest BCUT2D eigenvalue weighted by atomic mass is 10.1. The van der Waals surface area contributed by atoms with Crippen molar-refractivity contribution in [2.24, 2.45) is 15.3 Å². The number of piperazine rings is 1. The Bertz CT molecular complexity index is 709. The van der Waals surface area contributed by atoms with Gasteiger partial charge in [0.1, 0.15) is 11.4 Å². The van der Waals surface area contributed by atoms with E-state index in [1.54, 1.807) is 11.3 Å². The molecular formula is C17H22N6S. The summed E-state index contributed by atoms with van der Waals surface area (Å²) in [5.74, 6) is 1.03. The van der Waals surface area contributed by atoms with Crippen molar-refractivity contribution in [1.29, 1.82) is 0 Å². The zero-order valence-corrected chi connectivity index (χ0v) is 14.9. The molecule has 7 heteroatoms. The molecule has 0 saturated carbocycles. The lowest BCUT2D eigenvalue weighted by molar-refractivity contribution is 0.213. The quantitative estimate of drug-likeness (QED) is 0.830. The molecule has 0 aliphatic carbocycles. The van der Waals surface area contributed by atoms with Gasteiger partial charge in [0.05, 0.1) is 17.1 Å². The summed E-state index contributed by atoms with van der Waals surface area (Å²) in [5, 5.41) is 13.0. The van der Waals surface area contributed by atoms with E-state index in [-0.39, 0.29) is 6.04 Å². The summed E-state index contributed by atoms with van der Waals surface area (Å²) >= 11 is 1.70. The van der Waals surface area contributed by atoms with E-state index in [4.69, 9.17) is 4.99 Å². The van der Waals surface area contributed by atoms with Gasteiger partial charge in [0.2, 0.25) is 0 Å². The predicted octanol–water partition coefficient (Wildman–Crippen LogP) is 3.05. The smallest absolute Gasteiger partial charge is 0.154 e. The van der Waals surface area contributed by atoms with E-state index in [0.29, 0.717) is 0 Å². The first kappa shape index (κ1) is 15.5. The second kappa shape index (κ2) is 6.49. The molecule has 0 spiro atoms. The maximum absolute atomic E-state index is 4.83. The molecule has 0 amide bonds. The highest BCUT2D eigenvalue weighted by Gasteiger charge is 2.32. The van der Waals surface area contributed by atoms with E-state index in [9.17, 15) is 0 Å². The molecule has 126 valence electrons. The molecule has 0 N–H and O–H groups in total. The first-order chi connectivity index (χ1) is 11.8. The number of nitrogens with zero attached hydrogens (tertiary/aromatic N) is 6. The Balaban J connectivity index is 1.71. The highest BCUT2D eigenvalue weighted by Crippen LogP contribution is 2.34. The lowest BCUT2D eigenvalue weighted by Gasteiger charge is -2.39. The number of hydrogen-bond acceptors (Lipinski definition) is 7. The molecule has 1 unspecified atom stereocenters. The molecule has 1 aromatic rings. The number of hydrogen-bond donors (Lipinski definition) is 0. The van der Waals surface area contributed by atoms with Crippen LogP contribution in [0, 0.1) is 0 Å². The summed E-state index contributed by atoms with van der Waals surface area (Å²) in [7, 11) is 2.17.